The number of nitrogens with one attached hydrogen (secondary N) is 1. The van der Waals surface area contributed by atoms with E-state index in [0.29, 0.717) is 16.6 Å². The first-order valence-corrected chi connectivity index (χ1v) is 7.50. The number of nitrogens with two attached hydrogens (primary N) is 1. The Morgan fingerprint density at radius 2 is 2.17 bits per heavy atom. The van der Waals surface area contributed by atoms with E-state index in [1.165, 1.54) is 4.68 Å². The summed E-state index contributed by atoms with van der Waals surface area (Å²) in [4.78, 5) is 22.5. The summed E-state index contributed by atoms with van der Waals surface area (Å²) < 4.78 is 6.79. The lowest BCUT2D eigenvalue weighted by Gasteiger charge is -2.12. The monoisotopic (exact) mass is 336 g/mol. The molecule has 23 heavy (non-hydrogen) atoms. The molecule has 1 atom stereocenters. The summed E-state index contributed by atoms with van der Waals surface area (Å²) >= 11 is 1.10. The van der Waals surface area contributed by atoms with Gasteiger partial charge in [-0.3, -0.25) is 10.1 Å². The topological polar surface area (TPSA) is 125 Å². The molecule has 0 unspecified atom stereocenters. The molecular weight excluding hydrogens is 320 g/mol. The van der Waals surface area contributed by atoms with Crippen molar-refractivity contribution < 1.29 is 14.3 Å². The zero-order valence-corrected chi connectivity index (χ0v) is 13.6. The van der Waals surface area contributed by atoms with Gasteiger partial charge in [-0.05, 0) is 42.0 Å². The molecule has 0 aliphatic carbocycles. The highest BCUT2D eigenvalue weighted by molar-refractivity contribution is 8.00. The maximum absolute atomic E-state index is 11.8. The first-order valence-electron chi connectivity index (χ1n) is 6.62. The molecule has 0 saturated heterocycles. The fourth-order valence-electron chi connectivity index (χ4n) is 1.80. The van der Waals surface area contributed by atoms with Gasteiger partial charge in [0.2, 0.25) is 11.1 Å². The van der Waals surface area contributed by atoms with Crippen molar-refractivity contribution >= 4 is 23.7 Å². The number of primary amides is 1. The number of aryl methyl sites for hydroxylation is 1. The molecule has 0 bridgehead atoms. The van der Waals surface area contributed by atoms with Crippen LogP contribution in [0.1, 0.15) is 12.5 Å². The Hall–Kier alpha value is -2.62. The van der Waals surface area contributed by atoms with Crippen LogP contribution in [-0.2, 0) is 4.79 Å². The summed E-state index contributed by atoms with van der Waals surface area (Å²) in [6.45, 7) is 3.55. The highest BCUT2D eigenvalue weighted by Crippen LogP contribution is 2.28. The molecule has 10 heteroatoms. The summed E-state index contributed by atoms with van der Waals surface area (Å²) in [7, 11) is 1.55. The molecule has 2 aromatic rings. The van der Waals surface area contributed by atoms with Gasteiger partial charge in [0.05, 0.1) is 12.4 Å². The third-order valence-electron chi connectivity index (χ3n) is 2.90. The second kappa shape index (κ2) is 7.09. The van der Waals surface area contributed by atoms with Crippen LogP contribution >= 0.6 is 11.8 Å². The number of thioether (sulfide) groups is 1. The number of hydrogen-bond donors (Lipinski definition) is 2. The number of benzene rings is 1. The van der Waals surface area contributed by atoms with E-state index in [0.717, 1.165) is 17.3 Å². The van der Waals surface area contributed by atoms with E-state index < -0.39 is 17.2 Å². The van der Waals surface area contributed by atoms with Crippen LogP contribution in [0.2, 0.25) is 0 Å². The predicted molar refractivity (Wildman–Crippen MR) is 83.5 cm³/mol. The average Bonchev–Trinajstić information content (AvgIpc) is 2.94. The van der Waals surface area contributed by atoms with Gasteiger partial charge in [-0.2, -0.15) is 4.68 Å². The van der Waals surface area contributed by atoms with E-state index in [-0.39, 0.29) is 0 Å². The Morgan fingerprint density at radius 3 is 2.83 bits per heavy atom. The van der Waals surface area contributed by atoms with E-state index in [1.54, 1.807) is 14.0 Å². The van der Waals surface area contributed by atoms with Gasteiger partial charge in [0.15, 0.2) is 0 Å². The summed E-state index contributed by atoms with van der Waals surface area (Å²) in [5.41, 5.74) is 6.60. The van der Waals surface area contributed by atoms with Crippen LogP contribution in [0.5, 0.6) is 5.75 Å². The number of nitrogens with zero attached hydrogens (tertiary/aromatic N) is 4. The van der Waals surface area contributed by atoms with E-state index in [1.807, 2.05) is 30.4 Å². The zero-order valence-electron chi connectivity index (χ0n) is 12.8. The Morgan fingerprint density at radius 1 is 1.43 bits per heavy atom. The van der Waals surface area contributed by atoms with Crippen molar-refractivity contribution in [1.29, 1.82) is 0 Å². The fraction of sp³-hybridized carbons (Fsp3) is 0.308. The molecule has 3 amide bonds. The van der Waals surface area contributed by atoms with Gasteiger partial charge in [0, 0.05) is 0 Å². The molecule has 1 heterocycles. The standard InChI is InChI=1S/C13H16N6O3S/c1-7-4-5-10(22-3)9(6-7)19-13(16-17-18-19)23-8(2)11(20)15-12(14)21/h4-6,8H,1-3H3,(H3,14,15,20,21)/t8-/m0/s1. The Balaban J connectivity index is 2.28. The third kappa shape index (κ3) is 3.97. The molecule has 1 aromatic carbocycles. The molecule has 0 aliphatic heterocycles. The van der Waals surface area contributed by atoms with Gasteiger partial charge in [0.25, 0.3) is 0 Å². The molecule has 0 radical (unpaired) electrons. The lowest BCUT2D eigenvalue weighted by atomic mass is 10.2. The molecule has 2 rings (SSSR count). The Labute approximate surface area is 136 Å². The van der Waals surface area contributed by atoms with Crippen LogP contribution in [-0.4, -0.2) is 44.5 Å². The van der Waals surface area contributed by atoms with Crippen molar-refractivity contribution in [3.05, 3.63) is 23.8 Å². The first-order chi connectivity index (χ1) is 10.9. The molecular formula is C13H16N6O3S. The predicted octanol–water partition coefficient (Wildman–Crippen LogP) is 0.655. The van der Waals surface area contributed by atoms with Crippen molar-refractivity contribution in [2.45, 2.75) is 24.3 Å². The Kier molecular flexibility index (Phi) is 5.16. The van der Waals surface area contributed by atoms with Crippen molar-refractivity contribution in [3.63, 3.8) is 0 Å². The lowest BCUT2D eigenvalue weighted by molar-refractivity contribution is -0.119. The minimum Gasteiger partial charge on any atom is -0.494 e. The van der Waals surface area contributed by atoms with Crippen molar-refractivity contribution in [3.8, 4) is 11.4 Å². The van der Waals surface area contributed by atoms with Crippen LogP contribution in [0.15, 0.2) is 23.4 Å². The highest BCUT2D eigenvalue weighted by Gasteiger charge is 2.21. The first kappa shape index (κ1) is 16.7. The van der Waals surface area contributed by atoms with Gasteiger partial charge in [-0.25, -0.2) is 4.79 Å². The molecule has 0 spiro atoms. The molecule has 0 saturated carbocycles. The van der Waals surface area contributed by atoms with Crippen molar-refractivity contribution in [1.82, 2.24) is 25.5 Å². The van der Waals surface area contributed by atoms with Gasteiger partial charge in [-0.15, -0.1) is 5.10 Å². The number of aromatic nitrogens is 4. The van der Waals surface area contributed by atoms with Gasteiger partial charge in [-0.1, -0.05) is 17.8 Å². The molecule has 0 fully saturated rings. The molecule has 122 valence electrons. The van der Waals surface area contributed by atoms with E-state index in [2.05, 4.69) is 15.5 Å². The number of carbonyl (C=O) groups excluding carboxylic acids is 2. The SMILES string of the molecule is COc1ccc(C)cc1-n1nnnc1S[C@@H](C)C(=O)NC(N)=O. The van der Waals surface area contributed by atoms with Crippen LogP contribution in [0.25, 0.3) is 5.69 Å². The fourth-order valence-corrected chi connectivity index (χ4v) is 2.60. The molecule has 3 N–H and O–H groups in total. The number of rotatable bonds is 5. The van der Waals surface area contributed by atoms with Crippen molar-refractivity contribution in [2.75, 3.05) is 7.11 Å². The zero-order chi connectivity index (χ0) is 17.0. The Bertz CT molecular complexity index is 732. The highest BCUT2D eigenvalue weighted by atomic mass is 32.2. The number of tetrazole rings is 1. The van der Waals surface area contributed by atoms with Gasteiger partial charge >= 0.3 is 6.03 Å². The molecule has 0 aliphatic rings. The summed E-state index contributed by atoms with van der Waals surface area (Å²) in [5.74, 6) is 0.0762. The second-order valence-corrected chi connectivity index (χ2v) is 5.97. The number of urea groups is 1. The molecule has 9 nitrogen and oxygen atoms in total. The van der Waals surface area contributed by atoms with Gasteiger partial charge in [0.1, 0.15) is 11.4 Å². The van der Waals surface area contributed by atoms with E-state index in [4.69, 9.17) is 10.5 Å². The minimum atomic E-state index is -0.901. The number of carbonyl (C=O) groups is 2. The average molecular weight is 336 g/mol. The summed E-state index contributed by atoms with van der Waals surface area (Å²) in [6, 6.07) is 4.68. The van der Waals surface area contributed by atoms with Crippen LogP contribution in [0, 0.1) is 6.92 Å². The normalized spacial score (nSPS) is 11.8. The van der Waals surface area contributed by atoms with Crippen molar-refractivity contribution in [2.24, 2.45) is 5.73 Å². The van der Waals surface area contributed by atoms with Crippen LogP contribution in [0.3, 0.4) is 0 Å². The number of methoxy groups -OCH3 is 1. The quantitative estimate of drug-likeness (QED) is 0.768. The molecule has 1 aromatic heterocycles. The number of hydrogen-bond acceptors (Lipinski definition) is 7. The van der Waals surface area contributed by atoms with E-state index in [9.17, 15) is 9.59 Å². The minimum absolute atomic E-state index is 0.390. The number of ether oxygens (including phenoxy) is 1. The number of amides is 3. The van der Waals surface area contributed by atoms with Gasteiger partial charge < -0.3 is 10.5 Å². The maximum Gasteiger partial charge on any atom is 0.318 e. The lowest BCUT2D eigenvalue weighted by Crippen LogP contribution is -2.39. The summed E-state index contributed by atoms with van der Waals surface area (Å²) in [5, 5.41) is 13.3. The smallest absolute Gasteiger partial charge is 0.318 e. The number of imide groups is 1. The third-order valence-corrected chi connectivity index (χ3v) is 3.93. The summed E-state index contributed by atoms with van der Waals surface area (Å²) in [6.07, 6.45) is 0. The van der Waals surface area contributed by atoms with Crippen LogP contribution in [0.4, 0.5) is 4.79 Å². The van der Waals surface area contributed by atoms with E-state index >= 15 is 0 Å². The largest absolute Gasteiger partial charge is 0.494 e. The maximum atomic E-state index is 11.8. The second-order valence-electron chi connectivity index (χ2n) is 4.66. The van der Waals surface area contributed by atoms with Crippen LogP contribution < -0.4 is 15.8 Å².